The number of piperidine rings is 1. The molecule has 0 unspecified atom stereocenters. The van der Waals surface area contributed by atoms with Gasteiger partial charge in [-0.2, -0.15) is 20.0 Å². The van der Waals surface area contributed by atoms with Gasteiger partial charge in [0.15, 0.2) is 25.5 Å². The molecule has 0 radical (unpaired) electrons. The SMILES string of the molecule is CN(C)CCOC(=O)N[C@@H]1CCN(c2cc(C#N)cc(Nc3nc(NC4CC4)c4ncc(C#N)n4n3)c2Cl)C[C@H]1O[Si](C)(C)C(C)(C)C. The summed E-state index contributed by atoms with van der Waals surface area (Å²) in [4.78, 5) is 25.8. The van der Waals surface area contributed by atoms with Crippen LogP contribution in [0.25, 0.3) is 5.65 Å². The largest absolute Gasteiger partial charge is 0.448 e. The highest BCUT2D eigenvalue weighted by Gasteiger charge is 2.43. The minimum absolute atomic E-state index is 0.0591. The molecule has 1 saturated heterocycles. The molecule has 3 heterocycles. The summed E-state index contributed by atoms with van der Waals surface area (Å²) in [5.41, 5.74) is 2.19. The number of anilines is 4. The summed E-state index contributed by atoms with van der Waals surface area (Å²) in [7, 11) is 1.58. The van der Waals surface area contributed by atoms with Crippen molar-refractivity contribution in [1.29, 1.82) is 10.5 Å². The van der Waals surface area contributed by atoms with Crippen molar-refractivity contribution in [2.75, 3.05) is 55.9 Å². The Labute approximate surface area is 287 Å². The van der Waals surface area contributed by atoms with E-state index in [0.29, 0.717) is 59.5 Å². The maximum atomic E-state index is 12.8. The summed E-state index contributed by atoms with van der Waals surface area (Å²) in [6.45, 7) is 12.8. The van der Waals surface area contributed by atoms with Gasteiger partial charge in [0.2, 0.25) is 5.95 Å². The van der Waals surface area contributed by atoms with Crippen LogP contribution in [0.1, 0.15) is 51.3 Å². The number of likely N-dealkylation sites (N-methyl/N-ethyl adjacent to an activating group) is 1. The third kappa shape index (κ3) is 8.10. The standard InChI is InChI=1S/C32H44ClN11O3Si/c1-32(2,3)48(6,7)47-26-19-43(11-10-23(26)39-31(45)46-13-12-42(4)5)25-15-20(16-34)14-24(27(25)33)38-30-40-28(37-21-8-9-21)29-36-18-22(17-35)44(29)41-30/h14-15,18,21,23,26H,8-13,19H2,1-7H3,(H,39,45)(H2,37,38,40,41)/t23-,26-/m1/s1. The Morgan fingerprint density at radius 1 is 1.19 bits per heavy atom. The summed E-state index contributed by atoms with van der Waals surface area (Å²) >= 11 is 7.09. The van der Waals surface area contributed by atoms with Gasteiger partial charge >= 0.3 is 6.09 Å². The van der Waals surface area contributed by atoms with Crippen LogP contribution in [0.4, 0.5) is 27.9 Å². The molecule has 0 spiro atoms. The molecule has 2 fully saturated rings. The van der Waals surface area contributed by atoms with E-state index in [1.165, 1.54) is 10.7 Å². The smallest absolute Gasteiger partial charge is 0.407 e. The highest BCUT2D eigenvalue weighted by Crippen LogP contribution is 2.41. The number of benzene rings is 1. The van der Waals surface area contributed by atoms with Crippen molar-refractivity contribution < 1.29 is 14.0 Å². The Balaban J connectivity index is 1.43. The number of hydrogen-bond acceptors (Lipinski definition) is 12. The molecule has 256 valence electrons. The van der Waals surface area contributed by atoms with Crippen molar-refractivity contribution >= 4 is 54.8 Å². The third-order valence-corrected chi connectivity index (χ3v) is 14.0. The fraction of sp³-hybridized carbons (Fsp3) is 0.562. The fourth-order valence-electron chi connectivity index (χ4n) is 5.13. The van der Waals surface area contributed by atoms with Crippen LogP contribution in [0.15, 0.2) is 18.3 Å². The van der Waals surface area contributed by atoms with Crippen LogP contribution in [0.3, 0.4) is 0 Å². The van der Waals surface area contributed by atoms with Crippen LogP contribution in [0.5, 0.6) is 0 Å². The number of nitriles is 2. The Kier molecular flexibility index (Phi) is 10.4. The predicted molar refractivity (Wildman–Crippen MR) is 187 cm³/mol. The topological polar surface area (TPSA) is 169 Å². The lowest BCUT2D eigenvalue weighted by Gasteiger charge is -2.46. The zero-order chi connectivity index (χ0) is 34.8. The molecule has 5 rings (SSSR count). The number of amides is 1. The number of nitrogens with one attached hydrogen (secondary N) is 3. The molecule has 16 heteroatoms. The molecule has 0 bridgehead atoms. The normalized spacial score (nSPS) is 18.4. The molecule has 1 aliphatic heterocycles. The number of aromatic nitrogens is 4. The van der Waals surface area contributed by atoms with E-state index in [2.05, 4.69) is 81.9 Å². The fourth-order valence-corrected chi connectivity index (χ4v) is 6.76. The average molecular weight is 694 g/mol. The van der Waals surface area contributed by atoms with E-state index < -0.39 is 14.4 Å². The van der Waals surface area contributed by atoms with Gasteiger partial charge in [0.1, 0.15) is 12.7 Å². The van der Waals surface area contributed by atoms with Crippen molar-refractivity contribution in [3.05, 3.63) is 34.6 Å². The number of ether oxygens (including phenoxy) is 1. The first-order chi connectivity index (χ1) is 22.7. The van der Waals surface area contributed by atoms with Gasteiger partial charge in [0.25, 0.3) is 0 Å². The van der Waals surface area contributed by atoms with Gasteiger partial charge in [0.05, 0.1) is 46.4 Å². The molecule has 1 aliphatic carbocycles. The highest BCUT2D eigenvalue weighted by molar-refractivity contribution is 6.74. The second-order valence-electron chi connectivity index (χ2n) is 14.1. The molecule has 3 aromatic rings. The zero-order valence-electron chi connectivity index (χ0n) is 28.6. The quantitative estimate of drug-likeness (QED) is 0.228. The lowest BCUT2D eigenvalue weighted by molar-refractivity contribution is 0.0981. The molecule has 3 N–H and O–H groups in total. The molecule has 2 aliphatic rings. The molecule has 1 aromatic carbocycles. The molecule has 48 heavy (non-hydrogen) atoms. The number of rotatable bonds is 11. The van der Waals surface area contributed by atoms with E-state index in [1.54, 1.807) is 12.1 Å². The van der Waals surface area contributed by atoms with Crippen molar-refractivity contribution in [3.63, 3.8) is 0 Å². The Morgan fingerprint density at radius 3 is 2.58 bits per heavy atom. The maximum absolute atomic E-state index is 12.8. The van der Waals surface area contributed by atoms with E-state index in [4.69, 9.17) is 20.8 Å². The van der Waals surface area contributed by atoms with Gasteiger partial charge in [0, 0.05) is 25.7 Å². The summed E-state index contributed by atoms with van der Waals surface area (Å²) in [6.07, 6.45) is 3.25. The molecule has 2 aromatic heterocycles. The van der Waals surface area contributed by atoms with Crippen molar-refractivity contribution in [2.45, 2.75) is 76.4 Å². The zero-order valence-corrected chi connectivity index (χ0v) is 30.4. The van der Waals surface area contributed by atoms with Crippen LogP contribution >= 0.6 is 11.6 Å². The van der Waals surface area contributed by atoms with Gasteiger partial charge in [-0.25, -0.2) is 9.78 Å². The lowest BCUT2D eigenvalue weighted by Crippen LogP contribution is -2.59. The first-order valence-electron chi connectivity index (χ1n) is 16.1. The van der Waals surface area contributed by atoms with E-state index in [9.17, 15) is 15.3 Å². The monoisotopic (exact) mass is 693 g/mol. The second-order valence-corrected chi connectivity index (χ2v) is 19.3. The number of nitrogens with zero attached hydrogens (tertiary/aromatic N) is 8. The maximum Gasteiger partial charge on any atom is 0.407 e. The average Bonchev–Trinajstić information content (AvgIpc) is 3.73. The minimum atomic E-state index is -2.26. The van der Waals surface area contributed by atoms with Crippen molar-refractivity contribution in [3.8, 4) is 12.1 Å². The third-order valence-electron chi connectivity index (χ3n) is 9.05. The highest BCUT2D eigenvalue weighted by atomic mass is 35.5. The van der Waals surface area contributed by atoms with Gasteiger partial charge < -0.3 is 34.9 Å². The number of fused-ring (bicyclic) bond motifs is 1. The molecular weight excluding hydrogens is 650 g/mol. The molecule has 1 saturated carbocycles. The number of imidazole rings is 1. The minimum Gasteiger partial charge on any atom is -0.448 e. The molecule has 14 nitrogen and oxygen atoms in total. The van der Waals surface area contributed by atoms with Gasteiger partial charge in [-0.1, -0.05) is 32.4 Å². The summed E-state index contributed by atoms with van der Waals surface area (Å²) in [5, 5.41) is 34.1. The first-order valence-corrected chi connectivity index (χ1v) is 19.4. The molecule has 1 amide bonds. The van der Waals surface area contributed by atoms with Gasteiger partial charge in [-0.15, -0.1) is 5.10 Å². The van der Waals surface area contributed by atoms with E-state index in [0.717, 1.165) is 12.8 Å². The summed E-state index contributed by atoms with van der Waals surface area (Å²) in [6, 6.07) is 7.77. The van der Waals surface area contributed by atoms with Crippen LogP contribution < -0.4 is 20.9 Å². The number of hydrogen-bond donors (Lipinski definition) is 3. The van der Waals surface area contributed by atoms with Crippen LogP contribution in [0.2, 0.25) is 23.2 Å². The van der Waals surface area contributed by atoms with Gasteiger partial charge in [-0.3, -0.25) is 0 Å². The van der Waals surface area contributed by atoms with Crippen molar-refractivity contribution in [1.82, 2.24) is 29.8 Å². The van der Waals surface area contributed by atoms with Crippen LogP contribution in [0, 0.1) is 22.7 Å². The molecular formula is C32H44ClN11O3Si. The summed E-state index contributed by atoms with van der Waals surface area (Å²) in [5.74, 6) is 0.697. The first kappa shape index (κ1) is 35.2. The number of alkyl carbamates (subject to hydrolysis) is 1. The van der Waals surface area contributed by atoms with E-state index in [-0.39, 0.29) is 41.5 Å². The van der Waals surface area contributed by atoms with E-state index >= 15 is 0 Å². The number of carbonyl (C=O) groups is 1. The Morgan fingerprint density at radius 2 is 1.94 bits per heavy atom. The van der Waals surface area contributed by atoms with Gasteiger partial charge in [-0.05, 0) is 63.6 Å². The Bertz CT molecular complexity index is 1740. The second kappa shape index (κ2) is 14.1. The molecule has 2 atom stereocenters. The van der Waals surface area contributed by atoms with Crippen LogP contribution in [-0.4, -0.2) is 97.4 Å². The predicted octanol–water partition coefficient (Wildman–Crippen LogP) is 5.10. The lowest BCUT2D eigenvalue weighted by atomic mass is 10.0. The summed E-state index contributed by atoms with van der Waals surface area (Å²) < 4.78 is 13.8. The number of halogens is 1. The van der Waals surface area contributed by atoms with E-state index in [1.807, 2.05) is 19.0 Å². The Hall–Kier alpha value is -4.15. The van der Waals surface area contributed by atoms with Crippen LogP contribution in [-0.2, 0) is 9.16 Å². The number of carbonyl (C=O) groups excluding carboxylic acids is 1. The van der Waals surface area contributed by atoms with Crippen molar-refractivity contribution in [2.24, 2.45) is 0 Å².